The average molecular weight is 300 g/mol. The predicted molar refractivity (Wildman–Crippen MR) is 91.1 cm³/mol. The smallest absolute Gasteiger partial charge is 0.228 e. The van der Waals surface area contributed by atoms with Crippen molar-refractivity contribution in [2.75, 3.05) is 18.4 Å². The molecule has 1 aromatic rings. The van der Waals surface area contributed by atoms with Crippen LogP contribution in [0.3, 0.4) is 0 Å². The zero-order valence-electron chi connectivity index (χ0n) is 14.1. The fraction of sp³-hybridized carbons (Fsp3) is 0.632. The molecule has 22 heavy (non-hydrogen) atoms. The molecule has 0 spiro atoms. The van der Waals surface area contributed by atoms with Gasteiger partial charge in [-0.05, 0) is 49.3 Å². The Labute approximate surface area is 134 Å². The summed E-state index contributed by atoms with van der Waals surface area (Å²) >= 11 is 0. The molecule has 1 aliphatic heterocycles. The first-order valence-corrected chi connectivity index (χ1v) is 8.64. The van der Waals surface area contributed by atoms with Crippen LogP contribution in [0.1, 0.15) is 57.9 Å². The summed E-state index contributed by atoms with van der Waals surface area (Å²) in [6.07, 6.45) is 4.38. The first-order chi connectivity index (χ1) is 10.5. The largest absolute Gasteiger partial charge is 0.381 e. The lowest BCUT2D eigenvalue weighted by atomic mass is 10.0. The Morgan fingerprint density at radius 2 is 1.95 bits per heavy atom. The molecule has 3 nitrogen and oxygen atoms in total. The number of piperidine rings is 1. The number of benzene rings is 1. The first kappa shape index (κ1) is 15.4. The zero-order valence-corrected chi connectivity index (χ0v) is 14.1. The molecule has 1 unspecified atom stereocenters. The Bertz CT molecular complexity index is 531. The number of anilines is 1. The van der Waals surface area contributed by atoms with E-state index >= 15 is 0 Å². The highest BCUT2D eigenvalue weighted by molar-refractivity contribution is 5.85. The van der Waals surface area contributed by atoms with Gasteiger partial charge in [-0.15, -0.1) is 0 Å². The van der Waals surface area contributed by atoms with Gasteiger partial charge in [0.15, 0.2) is 0 Å². The molecule has 0 radical (unpaired) electrons. The van der Waals surface area contributed by atoms with Gasteiger partial charge < -0.3 is 10.2 Å². The third-order valence-electron chi connectivity index (χ3n) is 5.17. The standard InChI is InChI=1S/C19H28N2O/c1-14(2)15-6-8-16(9-7-15)20-17-5-4-12-21(13-17)18(22)19(3)10-11-19/h6-9,14,17,20H,4-5,10-13H2,1-3H3. The summed E-state index contributed by atoms with van der Waals surface area (Å²) in [6.45, 7) is 8.31. The quantitative estimate of drug-likeness (QED) is 0.911. The van der Waals surface area contributed by atoms with Gasteiger partial charge in [-0.3, -0.25) is 4.79 Å². The van der Waals surface area contributed by atoms with Gasteiger partial charge in [0.1, 0.15) is 0 Å². The van der Waals surface area contributed by atoms with Crippen LogP contribution in [0.15, 0.2) is 24.3 Å². The van der Waals surface area contributed by atoms with E-state index in [1.54, 1.807) is 0 Å². The van der Waals surface area contributed by atoms with Gasteiger partial charge in [0.05, 0.1) is 0 Å². The van der Waals surface area contributed by atoms with Crippen LogP contribution in [0.4, 0.5) is 5.69 Å². The Morgan fingerprint density at radius 3 is 2.55 bits per heavy atom. The van der Waals surface area contributed by atoms with Gasteiger partial charge in [0, 0.05) is 30.2 Å². The van der Waals surface area contributed by atoms with Crippen LogP contribution in [0.25, 0.3) is 0 Å². The van der Waals surface area contributed by atoms with Crippen molar-refractivity contribution in [3.63, 3.8) is 0 Å². The van der Waals surface area contributed by atoms with Crippen molar-refractivity contribution in [2.45, 2.75) is 58.4 Å². The summed E-state index contributed by atoms with van der Waals surface area (Å²) in [6, 6.07) is 9.11. The van der Waals surface area contributed by atoms with Crippen molar-refractivity contribution >= 4 is 11.6 Å². The van der Waals surface area contributed by atoms with Crippen molar-refractivity contribution in [3.05, 3.63) is 29.8 Å². The lowest BCUT2D eigenvalue weighted by molar-refractivity contribution is -0.137. The molecule has 1 heterocycles. The Hall–Kier alpha value is -1.51. The van der Waals surface area contributed by atoms with Crippen LogP contribution in [0, 0.1) is 5.41 Å². The third kappa shape index (κ3) is 3.29. The maximum Gasteiger partial charge on any atom is 0.228 e. The minimum Gasteiger partial charge on any atom is -0.381 e. The molecule has 1 atom stereocenters. The number of carbonyl (C=O) groups excluding carboxylic acids is 1. The van der Waals surface area contributed by atoms with Crippen molar-refractivity contribution in [2.24, 2.45) is 5.41 Å². The molecule has 1 amide bonds. The van der Waals surface area contributed by atoms with E-state index in [-0.39, 0.29) is 5.41 Å². The van der Waals surface area contributed by atoms with Gasteiger partial charge in [-0.1, -0.05) is 32.9 Å². The SMILES string of the molecule is CC(C)c1ccc(NC2CCCN(C(=O)C3(C)CC3)C2)cc1. The first-order valence-electron chi connectivity index (χ1n) is 8.64. The summed E-state index contributed by atoms with van der Waals surface area (Å²) in [5, 5.41) is 3.61. The van der Waals surface area contributed by atoms with Crippen LogP contribution in [-0.4, -0.2) is 29.9 Å². The van der Waals surface area contributed by atoms with Crippen LogP contribution in [0.2, 0.25) is 0 Å². The highest BCUT2D eigenvalue weighted by Crippen LogP contribution is 2.46. The normalized spacial score (nSPS) is 23.5. The maximum atomic E-state index is 12.5. The van der Waals surface area contributed by atoms with Gasteiger partial charge in [-0.25, -0.2) is 0 Å². The highest BCUT2D eigenvalue weighted by atomic mass is 16.2. The lowest BCUT2D eigenvalue weighted by Gasteiger charge is -2.35. The van der Waals surface area contributed by atoms with Crippen LogP contribution >= 0.6 is 0 Å². The van der Waals surface area contributed by atoms with E-state index in [1.165, 1.54) is 11.3 Å². The Balaban J connectivity index is 1.59. The predicted octanol–water partition coefficient (Wildman–Crippen LogP) is 4.01. The fourth-order valence-corrected chi connectivity index (χ4v) is 3.26. The average Bonchev–Trinajstić information content (AvgIpc) is 3.26. The highest BCUT2D eigenvalue weighted by Gasteiger charge is 2.47. The fourth-order valence-electron chi connectivity index (χ4n) is 3.26. The molecule has 3 rings (SSSR count). The van der Waals surface area contributed by atoms with Crippen molar-refractivity contribution < 1.29 is 4.79 Å². The zero-order chi connectivity index (χ0) is 15.7. The number of likely N-dealkylation sites (tertiary alicyclic amines) is 1. The number of amides is 1. The minimum absolute atomic E-state index is 0.0409. The molecular formula is C19H28N2O. The second-order valence-corrected chi connectivity index (χ2v) is 7.57. The second-order valence-electron chi connectivity index (χ2n) is 7.57. The van der Waals surface area contributed by atoms with E-state index in [0.717, 1.165) is 38.8 Å². The van der Waals surface area contributed by atoms with Crippen molar-refractivity contribution in [1.82, 2.24) is 4.90 Å². The molecule has 2 aliphatic rings. The second kappa shape index (κ2) is 5.94. The molecule has 1 saturated carbocycles. The summed E-state index contributed by atoms with van der Waals surface area (Å²) in [4.78, 5) is 14.6. The Kier molecular flexibility index (Phi) is 4.16. The monoisotopic (exact) mass is 300 g/mol. The number of nitrogens with zero attached hydrogens (tertiary/aromatic N) is 1. The van der Waals surface area contributed by atoms with E-state index in [4.69, 9.17) is 0 Å². The molecule has 3 heteroatoms. The molecule has 0 aromatic heterocycles. The molecule has 1 saturated heterocycles. The molecule has 0 bridgehead atoms. The summed E-state index contributed by atoms with van der Waals surface area (Å²) in [7, 11) is 0. The molecular weight excluding hydrogens is 272 g/mol. The van der Waals surface area contributed by atoms with Crippen LogP contribution in [0.5, 0.6) is 0 Å². The minimum atomic E-state index is -0.0409. The molecule has 120 valence electrons. The van der Waals surface area contributed by atoms with E-state index in [9.17, 15) is 4.79 Å². The Morgan fingerprint density at radius 1 is 1.27 bits per heavy atom. The van der Waals surface area contributed by atoms with Gasteiger partial charge in [0.2, 0.25) is 5.91 Å². The molecule has 2 fully saturated rings. The van der Waals surface area contributed by atoms with Crippen molar-refractivity contribution in [1.29, 1.82) is 0 Å². The van der Waals surface area contributed by atoms with E-state index in [0.29, 0.717) is 17.9 Å². The number of nitrogens with one attached hydrogen (secondary N) is 1. The van der Waals surface area contributed by atoms with Crippen LogP contribution < -0.4 is 5.32 Å². The van der Waals surface area contributed by atoms with Crippen LogP contribution in [-0.2, 0) is 4.79 Å². The summed E-state index contributed by atoms with van der Waals surface area (Å²) in [5.74, 6) is 0.935. The molecule has 1 aliphatic carbocycles. The number of rotatable bonds is 4. The topological polar surface area (TPSA) is 32.3 Å². The number of carbonyl (C=O) groups is 1. The van der Waals surface area contributed by atoms with Gasteiger partial charge in [-0.2, -0.15) is 0 Å². The van der Waals surface area contributed by atoms with E-state index in [1.807, 2.05) is 0 Å². The lowest BCUT2D eigenvalue weighted by Crippen LogP contribution is -2.47. The maximum absolute atomic E-state index is 12.5. The number of hydrogen-bond donors (Lipinski definition) is 1. The molecule has 1 N–H and O–H groups in total. The summed E-state index contributed by atoms with van der Waals surface area (Å²) in [5.41, 5.74) is 2.50. The van der Waals surface area contributed by atoms with E-state index < -0.39 is 0 Å². The third-order valence-corrected chi connectivity index (χ3v) is 5.17. The number of hydrogen-bond acceptors (Lipinski definition) is 2. The van der Waals surface area contributed by atoms with Crippen molar-refractivity contribution in [3.8, 4) is 0 Å². The van der Waals surface area contributed by atoms with Gasteiger partial charge in [0.25, 0.3) is 0 Å². The molecule has 1 aromatic carbocycles. The van der Waals surface area contributed by atoms with Gasteiger partial charge >= 0.3 is 0 Å². The van der Waals surface area contributed by atoms with E-state index in [2.05, 4.69) is 55.3 Å². The summed E-state index contributed by atoms with van der Waals surface area (Å²) < 4.78 is 0.